The van der Waals surface area contributed by atoms with Crippen molar-refractivity contribution in [2.24, 2.45) is 17.3 Å². The minimum Gasteiger partial charge on any atom is -0.355 e. The molecule has 3 heteroatoms. The van der Waals surface area contributed by atoms with E-state index in [1.807, 2.05) is 0 Å². The van der Waals surface area contributed by atoms with E-state index in [1.165, 1.54) is 25.7 Å². The Morgan fingerprint density at radius 3 is 2.50 bits per heavy atom. The summed E-state index contributed by atoms with van der Waals surface area (Å²) in [6, 6.07) is 0. The summed E-state index contributed by atoms with van der Waals surface area (Å²) in [5.74, 6) is 1.29. The standard InChI is InChI=1S/C15H28N2O/c1-12(2)10-15(6-3-7-15)11-17-14(18)13-4-8-16-9-5-13/h12-13,16H,3-11H2,1-2H3,(H,17,18). The Hall–Kier alpha value is -0.570. The Morgan fingerprint density at radius 1 is 1.33 bits per heavy atom. The Balaban J connectivity index is 1.77. The molecule has 1 aliphatic heterocycles. The van der Waals surface area contributed by atoms with E-state index in [1.54, 1.807) is 0 Å². The fourth-order valence-electron chi connectivity index (χ4n) is 3.50. The van der Waals surface area contributed by atoms with Crippen molar-refractivity contribution in [3.05, 3.63) is 0 Å². The van der Waals surface area contributed by atoms with Crippen LogP contribution in [0.1, 0.15) is 52.4 Å². The maximum atomic E-state index is 12.1. The van der Waals surface area contributed by atoms with E-state index in [-0.39, 0.29) is 5.92 Å². The molecule has 104 valence electrons. The number of hydrogen-bond acceptors (Lipinski definition) is 2. The fourth-order valence-corrected chi connectivity index (χ4v) is 3.50. The van der Waals surface area contributed by atoms with E-state index in [0.29, 0.717) is 11.3 Å². The molecule has 2 aliphatic rings. The topological polar surface area (TPSA) is 41.1 Å². The van der Waals surface area contributed by atoms with Gasteiger partial charge in [-0.15, -0.1) is 0 Å². The molecule has 1 aliphatic carbocycles. The van der Waals surface area contributed by atoms with Crippen molar-refractivity contribution in [3.8, 4) is 0 Å². The summed E-state index contributed by atoms with van der Waals surface area (Å²) >= 11 is 0. The lowest BCUT2D eigenvalue weighted by Crippen LogP contribution is -2.46. The zero-order chi connectivity index (χ0) is 13.0. The first kappa shape index (κ1) is 13.9. The van der Waals surface area contributed by atoms with Crippen molar-refractivity contribution in [1.82, 2.24) is 10.6 Å². The molecule has 1 saturated heterocycles. The van der Waals surface area contributed by atoms with Crippen molar-refractivity contribution in [1.29, 1.82) is 0 Å². The highest BCUT2D eigenvalue weighted by molar-refractivity contribution is 5.78. The van der Waals surface area contributed by atoms with E-state index in [2.05, 4.69) is 24.5 Å². The molecule has 3 nitrogen and oxygen atoms in total. The van der Waals surface area contributed by atoms with Gasteiger partial charge in [-0.3, -0.25) is 4.79 Å². The minimum absolute atomic E-state index is 0.252. The highest BCUT2D eigenvalue weighted by Crippen LogP contribution is 2.45. The molecular formula is C15H28N2O. The van der Waals surface area contributed by atoms with Crippen LogP contribution in [0.3, 0.4) is 0 Å². The van der Waals surface area contributed by atoms with Crippen molar-refractivity contribution in [2.45, 2.75) is 52.4 Å². The lowest BCUT2D eigenvalue weighted by atomic mass is 9.64. The van der Waals surface area contributed by atoms with Gasteiger partial charge < -0.3 is 10.6 Å². The zero-order valence-corrected chi connectivity index (χ0v) is 11.9. The SMILES string of the molecule is CC(C)CC1(CNC(=O)C2CCNCC2)CCC1. The van der Waals surface area contributed by atoms with Crippen molar-refractivity contribution in [2.75, 3.05) is 19.6 Å². The van der Waals surface area contributed by atoms with E-state index < -0.39 is 0 Å². The maximum absolute atomic E-state index is 12.1. The van der Waals surface area contributed by atoms with E-state index in [9.17, 15) is 4.79 Å². The summed E-state index contributed by atoms with van der Waals surface area (Å²) < 4.78 is 0. The highest BCUT2D eigenvalue weighted by Gasteiger charge is 2.37. The average molecular weight is 252 g/mol. The van der Waals surface area contributed by atoms with Gasteiger partial charge in [0.25, 0.3) is 0 Å². The molecular weight excluding hydrogens is 224 g/mol. The summed E-state index contributed by atoms with van der Waals surface area (Å²) in [5, 5.41) is 6.54. The van der Waals surface area contributed by atoms with Crippen LogP contribution in [0.4, 0.5) is 0 Å². The van der Waals surface area contributed by atoms with Crippen LogP contribution in [0.2, 0.25) is 0 Å². The zero-order valence-electron chi connectivity index (χ0n) is 11.9. The van der Waals surface area contributed by atoms with Gasteiger partial charge in [0.05, 0.1) is 0 Å². The monoisotopic (exact) mass is 252 g/mol. The smallest absolute Gasteiger partial charge is 0.223 e. The third-order valence-electron chi connectivity index (χ3n) is 4.60. The largest absolute Gasteiger partial charge is 0.355 e. The van der Waals surface area contributed by atoms with E-state index >= 15 is 0 Å². The van der Waals surface area contributed by atoms with Gasteiger partial charge in [-0.1, -0.05) is 20.3 Å². The third kappa shape index (κ3) is 3.47. The highest BCUT2D eigenvalue weighted by atomic mass is 16.1. The normalized spacial score (nSPS) is 23.7. The van der Waals surface area contributed by atoms with Crippen LogP contribution in [0.15, 0.2) is 0 Å². The molecule has 2 N–H and O–H groups in total. The van der Waals surface area contributed by atoms with Crippen LogP contribution in [0.5, 0.6) is 0 Å². The fraction of sp³-hybridized carbons (Fsp3) is 0.933. The third-order valence-corrected chi connectivity index (χ3v) is 4.60. The first-order valence-corrected chi connectivity index (χ1v) is 7.60. The van der Waals surface area contributed by atoms with Crippen LogP contribution < -0.4 is 10.6 Å². The van der Waals surface area contributed by atoms with Gasteiger partial charge in [0.1, 0.15) is 0 Å². The Morgan fingerprint density at radius 2 is 2.00 bits per heavy atom. The summed E-state index contributed by atoms with van der Waals surface area (Å²) in [6.07, 6.45) is 7.22. The second kappa shape index (κ2) is 6.05. The van der Waals surface area contributed by atoms with Crippen LogP contribution >= 0.6 is 0 Å². The first-order chi connectivity index (χ1) is 8.61. The average Bonchev–Trinajstić information content (AvgIpc) is 2.32. The minimum atomic E-state index is 0.252. The van der Waals surface area contributed by atoms with E-state index in [4.69, 9.17) is 0 Å². The Labute approximate surface area is 111 Å². The summed E-state index contributed by atoms with van der Waals surface area (Å²) in [6.45, 7) is 7.47. The van der Waals surface area contributed by atoms with Gasteiger partial charge in [-0.25, -0.2) is 0 Å². The van der Waals surface area contributed by atoms with Crippen LogP contribution in [0, 0.1) is 17.3 Å². The van der Waals surface area contributed by atoms with Crippen molar-refractivity contribution >= 4 is 5.91 Å². The molecule has 0 atom stereocenters. The molecule has 0 spiro atoms. The van der Waals surface area contributed by atoms with Gasteiger partial charge in [-0.2, -0.15) is 0 Å². The summed E-state index contributed by atoms with van der Waals surface area (Å²) in [4.78, 5) is 12.1. The number of carbonyl (C=O) groups excluding carboxylic acids is 1. The van der Waals surface area contributed by atoms with Crippen molar-refractivity contribution < 1.29 is 4.79 Å². The number of piperidine rings is 1. The summed E-state index contributed by atoms with van der Waals surface area (Å²) in [5.41, 5.74) is 0.427. The maximum Gasteiger partial charge on any atom is 0.223 e. The lowest BCUT2D eigenvalue weighted by molar-refractivity contribution is -0.126. The van der Waals surface area contributed by atoms with Gasteiger partial charge in [0, 0.05) is 12.5 Å². The number of nitrogens with one attached hydrogen (secondary N) is 2. The van der Waals surface area contributed by atoms with Crippen LogP contribution in [0.25, 0.3) is 0 Å². The molecule has 1 heterocycles. The van der Waals surface area contributed by atoms with Gasteiger partial charge in [0.15, 0.2) is 0 Å². The quantitative estimate of drug-likeness (QED) is 0.788. The second-order valence-electron chi connectivity index (χ2n) is 6.69. The molecule has 0 unspecified atom stereocenters. The van der Waals surface area contributed by atoms with E-state index in [0.717, 1.165) is 38.4 Å². The number of hydrogen-bond donors (Lipinski definition) is 2. The molecule has 0 aromatic heterocycles. The summed E-state index contributed by atoms with van der Waals surface area (Å²) in [7, 11) is 0. The molecule has 0 aromatic carbocycles. The van der Waals surface area contributed by atoms with Crippen LogP contribution in [-0.2, 0) is 4.79 Å². The van der Waals surface area contributed by atoms with Crippen LogP contribution in [-0.4, -0.2) is 25.5 Å². The molecule has 1 amide bonds. The molecule has 0 radical (unpaired) electrons. The predicted molar refractivity (Wildman–Crippen MR) is 74.3 cm³/mol. The molecule has 0 bridgehead atoms. The molecule has 0 aromatic rings. The van der Waals surface area contributed by atoms with Gasteiger partial charge in [-0.05, 0) is 56.5 Å². The number of rotatable bonds is 5. The number of amides is 1. The predicted octanol–water partition coefficient (Wildman–Crippen LogP) is 2.32. The molecule has 1 saturated carbocycles. The first-order valence-electron chi connectivity index (χ1n) is 7.60. The lowest BCUT2D eigenvalue weighted by Gasteiger charge is -2.43. The van der Waals surface area contributed by atoms with Gasteiger partial charge in [0.2, 0.25) is 5.91 Å². The molecule has 18 heavy (non-hydrogen) atoms. The number of carbonyl (C=O) groups is 1. The second-order valence-corrected chi connectivity index (χ2v) is 6.69. The Kier molecular flexibility index (Phi) is 4.66. The van der Waals surface area contributed by atoms with Gasteiger partial charge >= 0.3 is 0 Å². The molecule has 2 rings (SSSR count). The molecule has 2 fully saturated rings. The van der Waals surface area contributed by atoms with Crippen molar-refractivity contribution in [3.63, 3.8) is 0 Å². The Bertz CT molecular complexity index is 278.